The third-order valence-electron chi connectivity index (χ3n) is 6.51. The van der Waals surface area contributed by atoms with Gasteiger partial charge in [0.05, 0.1) is 17.9 Å². The van der Waals surface area contributed by atoms with Crippen LogP contribution in [0.1, 0.15) is 52.3 Å². The van der Waals surface area contributed by atoms with E-state index in [1.165, 1.54) is 0 Å². The number of amides is 3. The number of piperazine rings is 1. The van der Waals surface area contributed by atoms with E-state index in [0.29, 0.717) is 51.4 Å². The average Bonchev–Trinajstić information content (AvgIpc) is 3.41. The second kappa shape index (κ2) is 11.5. The molecule has 2 aliphatic heterocycles. The van der Waals surface area contributed by atoms with Gasteiger partial charge in [0.15, 0.2) is 0 Å². The number of hydrogen-bond donors (Lipinski definition) is 0. The van der Waals surface area contributed by atoms with Crippen molar-refractivity contribution in [1.29, 1.82) is 0 Å². The van der Waals surface area contributed by atoms with Crippen molar-refractivity contribution in [3.63, 3.8) is 0 Å². The number of rotatable bonds is 5. The third kappa shape index (κ3) is 6.08. The molecule has 0 atom stereocenters. The molecule has 2 aromatic rings. The summed E-state index contributed by atoms with van der Waals surface area (Å²) in [6, 6.07) is 7.70. The van der Waals surface area contributed by atoms with Crippen LogP contribution in [0.3, 0.4) is 0 Å². The molecule has 8 nitrogen and oxygen atoms in total. The number of aryl methyl sites for hydroxylation is 1. The minimum absolute atomic E-state index is 0.0184. The Balaban J connectivity index is 1.39. The number of pyridine rings is 1. The summed E-state index contributed by atoms with van der Waals surface area (Å²) in [6.07, 6.45) is 4.71. The highest BCUT2D eigenvalue weighted by molar-refractivity contribution is 7.10. The van der Waals surface area contributed by atoms with Crippen molar-refractivity contribution in [1.82, 2.24) is 19.7 Å². The minimum atomic E-state index is -0.330. The fraction of sp³-hybridized carbons (Fsp3) is 0.462. The lowest BCUT2D eigenvalue weighted by atomic mass is 9.89. The second-order valence-electron chi connectivity index (χ2n) is 8.81. The van der Waals surface area contributed by atoms with Crippen LogP contribution < -0.4 is 0 Å². The Morgan fingerprint density at radius 2 is 1.74 bits per heavy atom. The van der Waals surface area contributed by atoms with Crippen LogP contribution in [-0.4, -0.2) is 83.5 Å². The van der Waals surface area contributed by atoms with Crippen LogP contribution in [0.2, 0.25) is 0 Å². The first-order valence-electron chi connectivity index (χ1n) is 12.1. The molecule has 3 amide bonds. The molecular formula is C26H32N4O4S. The topological polar surface area (TPSA) is 83.1 Å². The number of carbonyl (C=O) groups excluding carboxylic acids is 3. The van der Waals surface area contributed by atoms with Gasteiger partial charge in [0.1, 0.15) is 0 Å². The van der Waals surface area contributed by atoms with Crippen molar-refractivity contribution in [3.8, 4) is 0 Å². The first kappa shape index (κ1) is 24.9. The van der Waals surface area contributed by atoms with E-state index < -0.39 is 0 Å². The van der Waals surface area contributed by atoms with Gasteiger partial charge in [0.25, 0.3) is 5.91 Å². The monoisotopic (exact) mass is 496 g/mol. The van der Waals surface area contributed by atoms with E-state index >= 15 is 0 Å². The zero-order valence-corrected chi connectivity index (χ0v) is 21.1. The van der Waals surface area contributed by atoms with Crippen molar-refractivity contribution >= 4 is 35.3 Å². The fourth-order valence-corrected chi connectivity index (χ4v) is 5.18. The van der Waals surface area contributed by atoms with E-state index in [1.54, 1.807) is 34.1 Å². The molecule has 2 aliphatic rings. The van der Waals surface area contributed by atoms with E-state index in [4.69, 9.17) is 9.72 Å². The molecule has 4 rings (SSSR count). The number of hydrogen-bond acceptors (Lipinski definition) is 6. The Morgan fingerprint density at radius 1 is 1.03 bits per heavy atom. The van der Waals surface area contributed by atoms with Crippen LogP contribution in [0.25, 0.3) is 6.08 Å². The van der Waals surface area contributed by atoms with E-state index in [9.17, 15) is 14.4 Å². The fourth-order valence-electron chi connectivity index (χ4n) is 4.56. The molecule has 0 aromatic carbocycles. The van der Waals surface area contributed by atoms with Gasteiger partial charge in [-0.05, 0) is 56.3 Å². The highest BCUT2D eigenvalue weighted by Gasteiger charge is 2.31. The Labute approximate surface area is 210 Å². The highest BCUT2D eigenvalue weighted by atomic mass is 32.1. The lowest BCUT2D eigenvalue weighted by Gasteiger charge is -2.35. The Morgan fingerprint density at radius 3 is 2.40 bits per heavy atom. The smallest absolute Gasteiger partial charge is 0.409 e. The molecule has 2 fully saturated rings. The van der Waals surface area contributed by atoms with Crippen molar-refractivity contribution in [2.45, 2.75) is 32.6 Å². The molecule has 2 saturated heterocycles. The Hall–Kier alpha value is -3.20. The molecule has 0 saturated carbocycles. The first-order valence-corrected chi connectivity index (χ1v) is 13.0. The van der Waals surface area contributed by atoms with Crippen molar-refractivity contribution in [3.05, 3.63) is 57.6 Å². The van der Waals surface area contributed by atoms with Gasteiger partial charge in [0.2, 0.25) is 5.91 Å². The van der Waals surface area contributed by atoms with Gasteiger partial charge in [0, 0.05) is 61.8 Å². The molecule has 186 valence electrons. The maximum atomic E-state index is 13.4. The zero-order chi connectivity index (χ0) is 24.8. The number of aromatic nitrogens is 1. The third-order valence-corrected chi connectivity index (χ3v) is 7.35. The number of ether oxygens (including phenoxy) is 1. The van der Waals surface area contributed by atoms with Gasteiger partial charge < -0.3 is 19.4 Å². The molecular weight excluding hydrogens is 464 g/mol. The van der Waals surface area contributed by atoms with Crippen LogP contribution in [0.4, 0.5) is 4.79 Å². The SMILES string of the molecule is CCOC(=O)N1CCN(C(=O)c2ccc(C)nc2C2CCN(C(=O)/C=C/c3cccs3)CC2)CC1. The van der Waals surface area contributed by atoms with Gasteiger partial charge >= 0.3 is 6.09 Å². The van der Waals surface area contributed by atoms with Crippen LogP contribution in [0.5, 0.6) is 0 Å². The summed E-state index contributed by atoms with van der Waals surface area (Å²) in [5.41, 5.74) is 2.33. The Bertz CT molecular complexity index is 1070. The van der Waals surface area contributed by atoms with Gasteiger partial charge in [-0.3, -0.25) is 14.6 Å². The summed E-state index contributed by atoms with van der Waals surface area (Å²) in [7, 11) is 0. The summed E-state index contributed by atoms with van der Waals surface area (Å²) in [4.78, 5) is 49.2. The lowest BCUT2D eigenvalue weighted by molar-refractivity contribution is -0.127. The average molecular weight is 497 g/mol. The summed E-state index contributed by atoms with van der Waals surface area (Å²) in [5, 5.41) is 1.99. The molecule has 0 unspecified atom stereocenters. The number of nitrogens with zero attached hydrogens (tertiary/aromatic N) is 4. The maximum Gasteiger partial charge on any atom is 0.409 e. The molecule has 0 spiro atoms. The lowest BCUT2D eigenvalue weighted by Crippen LogP contribution is -2.51. The van der Waals surface area contributed by atoms with Crippen LogP contribution in [-0.2, 0) is 9.53 Å². The highest BCUT2D eigenvalue weighted by Crippen LogP contribution is 2.30. The van der Waals surface area contributed by atoms with Crippen molar-refractivity contribution in [2.24, 2.45) is 0 Å². The van der Waals surface area contributed by atoms with Crippen LogP contribution in [0, 0.1) is 6.92 Å². The normalized spacial score (nSPS) is 17.1. The predicted octanol–water partition coefficient (Wildman–Crippen LogP) is 3.79. The minimum Gasteiger partial charge on any atom is -0.450 e. The zero-order valence-electron chi connectivity index (χ0n) is 20.3. The quantitative estimate of drug-likeness (QED) is 0.589. The van der Waals surface area contributed by atoms with Crippen molar-refractivity contribution < 1.29 is 19.1 Å². The molecule has 2 aromatic heterocycles. The van der Waals surface area contributed by atoms with E-state index in [1.807, 2.05) is 47.5 Å². The standard InChI is InChI=1S/C26H32N4O4S/c1-3-34-26(33)30-16-14-29(15-17-30)25(32)22-8-6-19(2)27-24(22)20-10-12-28(13-11-20)23(31)9-7-21-5-4-18-35-21/h4-9,18,20H,3,10-17H2,1-2H3/b9-7+. The summed E-state index contributed by atoms with van der Waals surface area (Å²) >= 11 is 1.60. The molecule has 0 bridgehead atoms. The van der Waals surface area contributed by atoms with Gasteiger partial charge in [-0.2, -0.15) is 0 Å². The van der Waals surface area contributed by atoms with Gasteiger partial charge in [-0.15, -0.1) is 11.3 Å². The summed E-state index contributed by atoms with van der Waals surface area (Å²) in [5.74, 6) is 0.0956. The molecule has 0 radical (unpaired) electrons. The van der Waals surface area contributed by atoms with Crippen LogP contribution >= 0.6 is 11.3 Å². The largest absolute Gasteiger partial charge is 0.450 e. The van der Waals surface area contributed by atoms with E-state index in [0.717, 1.165) is 29.1 Å². The van der Waals surface area contributed by atoms with Crippen LogP contribution in [0.15, 0.2) is 35.7 Å². The van der Waals surface area contributed by atoms with Crippen molar-refractivity contribution in [2.75, 3.05) is 45.9 Å². The van der Waals surface area contributed by atoms with Gasteiger partial charge in [-0.25, -0.2) is 4.79 Å². The van der Waals surface area contributed by atoms with E-state index in [-0.39, 0.29) is 23.8 Å². The number of carbonyl (C=O) groups is 3. The second-order valence-corrected chi connectivity index (χ2v) is 9.79. The maximum absolute atomic E-state index is 13.4. The summed E-state index contributed by atoms with van der Waals surface area (Å²) in [6.45, 7) is 7.18. The number of piperidine rings is 1. The first-order chi connectivity index (χ1) is 17.0. The van der Waals surface area contributed by atoms with E-state index in [2.05, 4.69) is 0 Å². The predicted molar refractivity (Wildman–Crippen MR) is 135 cm³/mol. The van der Waals surface area contributed by atoms with Gasteiger partial charge in [-0.1, -0.05) is 6.07 Å². The molecule has 0 aliphatic carbocycles. The number of thiophene rings is 1. The summed E-state index contributed by atoms with van der Waals surface area (Å²) < 4.78 is 5.07. The molecule has 35 heavy (non-hydrogen) atoms. The number of likely N-dealkylation sites (tertiary alicyclic amines) is 1. The molecule has 0 N–H and O–H groups in total. The molecule has 9 heteroatoms. The molecule has 4 heterocycles. The Kier molecular flexibility index (Phi) is 8.17.